The lowest BCUT2D eigenvalue weighted by Gasteiger charge is -2.05. The monoisotopic (exact) mass is 366 g/mol. The van der Waals surface area contributed by atoms with Gasteiger partial charge in [0.05, 0.1) is 19.3 Å². The van der Waals surface area contributed by atoms with Gasteiger partial charge in [-0.2, -0.15) is 0 Å². The quantitative estimate of drug-likeness (QED) is 0.708. The van der Waals surface area contributed by atoms with Crippen molar-refractivity contribution in [1.29, 1.82) is 0 Å². The molecule has 4 nitrogen and oxygen atoms in total. The van der Waals surface area contributed by atoms with Crippen LogP contribution < -0.4 is 10.1 Å². The highest BCUT2D eigenvalue weighted by atomic mass is 32.1. The molecule has 0 unspecified atom stereocenters. The number of carbonyl (C=O) groups excluding carboxylic acids is 1. The Labute approximate surface area is 157 Å². The largest absolute Gasteiger partial charge is 0.497 e. The van der Waals surface area contributed by atoms with Crippen molar-refractivity contribution in [3.8, 4) is 5.75 Å². The number of ether oxygens (including phenoxy) is 1. The fraction of sp³-hybridized carbons (Fsp3) is 0.238. The molecule has 1 aromatic heterocycles. The number of hydrogen-bond donors (Lipinski definition) is 1. The number of aryl methyl sites for hydroxylation is 2. The minimum atomic E-state index is -0.128. The van der Waals surface area contributed by atoms with Gasteiger partial charge in [0.2, 0.25) is 0 Å². The molecule has 1 N–H and O–H groups in total. The molecule has 3 aromatic rings. The van der Waals surface area contributed by atoms with Crippen LogP contribution in [0.1, 0.15) is 37.1 Å². The number of rotatable bonds is 6. The van der Waals surface area contributed by atoms with E-state index < -0.39 is 0 Å². The van der Waals surface area contributed by atoms with Gasteiger partial charge >= 0.3 is 0 Å². The molecule has 0 saturated carbocycles. The van der Waals surface area contributed by atoms with E-state index in [4.69, 9.17) is 4.74 Å². The topological polar surface area (TPSA) is 51.2 Å². The Hall–Kier alpha value is -2.66. The van der Waals surface area contributed by atoms with Crippen molar-refractivity contribution in [2.45, 2.75) is 26.8 Å². The minimum Gasteiger partial charge on any atom is -0.497 e. The van der Waals surface area contributed by atoms with Crippen LogP contribution in [0.2, 0.25) is 0 Å². The highest BCUT2D eigenvalue weighted by Crippen LogP contribution is 2.22. The van der Waals surface area contributed by atoms with Gasteiger partial charge < -0.3 is 10.1 Å². The Morgan fingerprint density at radius 3 is 2.65 bits per heavy atom. The molecule has 0 bridgehead atoms. The molecule has 3 rings (SSSR count). The zero-order valence-electron chi connectivity index (χ0n) is 15.2. The number of benzene rings is 2. The van der Waals surface area contributed by atoms with E-state index in [-0.39, 0.29) is 5.91 Å². The summed E-state index contributed by atoms with van der Waals surface area (Å²) in [5.41, 5.74) is 4.14. The van der Waals surface area contributed by atoms with Crippen LogP contribution in [0.15, 0.2) is 48.5 Å². The van der Waals surface area contributed by atoms with Crippen molar-refractivity contribution in [3.05, 3.63) is 80.8 Å². The zero-order chi connectivity index (χ0) is 18.5. The maximum absolute atomic E-state index is 12.3. The van der Waals surface area contributed by atoms with Crippen LogP contribution in [0.4, 0.5) is 0 Å². The predicted octanol–water partition coefficient (Wildman–Crippen LogP) is 4.29. The van der Waals surface area contributed by atoms with Gasteiger partial charge in [-0.05, 0) is 37.6 Å². The second kappa shape index (κ2) is 8.15. The Balaban J connectivity index is 1.63. The van der Waals surface area contributed by atoms with Gasteiger partial charge in [-0.3, -0.25) is 4.79 Å². The number of methoxy groups -OCH3 is 1. The first-order valence-corrected chi connectivity index (χ1v) is 9.30. The maximum atomic E-state index is 12.3. The third kappa shape index (κ3) is 4.49. The van der Waals surface area contributed by atoms with E-state index in [2.05, 4.69) is 41.5 Å². The normalized spacial score (nSPS) is 10.6. The Morgan fingerprint density at radius 1 is 1.15 bits per heavy atom. The van der Waals surface area contributed by atoms with Gasteiger partial charge in [0.15, 0.2) is 0 Å². The molecule has 2 aromatic carbocycles. The average Bonchev–Trinajstić information content (AvgIpc) is 3.01. The molecule has 0 spiro atoms. The molecule has 1 amide bonds. The van der Waals surface area contributed by atoms with E-state index in [1.807, 2.05) is 13.0 Å². The molecule has 0 atom stereocenters. The fourth-order valence-corrected chi connectivity index (χ4v) is 3.69. The van der Waals surface area contributed by atoms with Gasteiger partial charge in [0, 0.05) is 16.9 Å². The van der Waals surface area contributed by atoms with Gasteiger partial charge in [-0.15, -0.1) is 11.3 Å². The Kier molecular flexibility index (Phi) is 5.68. The van der Waals surface area contributed by atoms with Crippen LogP contribution in [0, 0.1) is 13.8 Å². The molecule has 134 valence electrons. The molecular formula is C21H22N2O2S. The first-order valence-electron chi connectivity index (χ1n) is 8.48. The summed E-state index contributed by atoms with van der Waals surface area (Å²) in [7, 11) is 1.59. The number of nitrogens with one attached hydrogen (secondary N) is 1. The van der Waals surface area contributed by atoms with E-state index in [0.717, 1.165) is 17.1 Å². The minimum absolute atomic E-state index is 0.128. The van der Waals surface area contributed by atoms with Crippen molar-refractivity contribution in [2.75, 3.05) is 7.11 Å². The standard InChI is InChI=1S/C21H22N2O2S/c1-14-7-9-16(10-8-14)11-19-15(2)23-20(26-19)13-22-21(24)17-5-4-6-18(12-17)25-3/h4-10,12H,11,13H2,1-3H3,(H,22,24). The molecule has 5 heteroatoms. The maximum Gasteiger partial charge on any atom is 0.251 e. The average molecular weight is 366 g/mol. The van der Waals surface area contributed by atoms with Crippen molar-refractivity contribution in [2.24, 2.45) is 0 Å². The van der Waals surface area contributed by atoms with E-state index in [1.165, 1.54) is 16.0 Å². The molecule has 0 aliphatic heterocycles. The second-order valence-electron chi connectivity index (χ2n) is 6.19. The zero-order valence-corrected chi connectivity index (χ0v) is 16.0. The third-order valence-electron chi connectivity index (χ3n) is 4.15. The third-order valence-corrected chi connectivity index (χ3v) is 5.31. The SMILES string of the molecule is COc1cccc(C(=O)NCc2nc(C)c(Cc3ccc(C)cc3)s2)c1. The lowest BCUT2D eigenvalue weighted by Crippen LogP contribution is -2.22. The van der Waals surface area contributed by atoms with Crippen molar-refractivity contribution >= 4 is 17.2 Å². The highest BCUT2D eigenvalue weighted by molar-refractivity contribution is 7.11. The van der Waals surface area contributed by atoms with Crippen molar-refractivity contribution in [1.82, 2.24) is 10.3 Å². The van der Waals surface area contributed by atoms with E-state index >= 15 is 0 Å². The summed E-state index contributed by atoms with van der Waals surface area (Å²) in [4.78, 5) is 18.1. The number of nitrogens with zero attached hydrogens (tertiary/aromatic N) is 1. The van der Waals surface area contributed by atoms with E-state index in [0.29, 0.717) is 17.9 Å². The number of amides is 1. The van der Waals surface area contributed by atoms with Gasteiger partial charge in [-0.25, -0.2) is 4.98 Å². The van der Waals surface area contributed by atoms with Crippen LogP contribution >= 0.6 is 11.3 Å². The summed E-state index contributed by atoms with van der Waals surface area (Å²) in [5, 5.41) is 3.85. The summed E-state index contributed by atoms with van der Waals surface area (Å²) in [6.45, 7) is 4.54. The van der Waals surface area contributed by atoms with E-state index in [1.54, 1.807) is 36.6 Å². The van der Waals surface area contributed by atoms with Crippen LogP contribution in [-0.4, -0.2) is 18.0 Å². The first-order chi connectivity index (χ1) is 12.5. The number of aromatic nitrogens is 1. The fourth-order valence-electron chi connectivity index (χ4n) is 2.64. The number of thiazole rings is 1. The molecule has 0 saturated heterocycles. The molecular weight excluding hydrogens is 344 g/mol. The molecule has 1 heterocycles. The summed E-state index contributed by atoms with van der Waals surface area (Å²) in [5.74, 6) is 0.542. The van der Waals surface area contributed by atoms with E-state index in [9.17, 15) is 4.79 Å². The summed E-state index contributed by atoms with van der Waals surface area (Å²) < 4.78 is 5.16. The molecule has 0 aliphatic rings. The first kappa shape index (κ1) is 18.1. The van der Waals surface area contributed by atoms with Gasteiger partial charge in [0.1, 0.15) is 10.8 Å². The van der Waals surface area contributed by atoms with Crippen molar-refractivity contribution in [3.63, 3.8) is 0 Å². The number of carbonyl (C=O) groups is 1. The van der Waals surface area contributed by atoms with Gasteiger partial charge in [0.25, 0.3) is 5.91 Å². The van der Waals surface area contributed by atoms with Crippen molar-refractivity contribution < 1.29 is 9.53 Å². The molecule has 26 heavy (non-hydrogen) atoms. The Morgan fingerprint density at radius 2 is 1.92 bits per heavy atom. The summed E-state index contributed by atoms with van der Waals surface area (Å²) >= 11 is 1.65. The highest BCUT2D eigenvalue weighted by Gasteiger charge is 2.11. The van der Waals surface area contributed by atoms with Gasteiger partial charge in [-0.1, -0.05) is 35.9 Å². The van der Waals surface area contributed by atoms with Crippen LogP contribution in [-0.2, 0) is 13.0 Å². The lowest BCUT2D eigenvalue weighted by molar-refractivity contribution is 0.0950. The second-order valence-corrected chi connectivity index (χ2v) is 7.36. The van der Waals surface area contributed by atoms with Crippen LogP contribution in [0.3, 0.4) is 0 Å². The summed E-state index contributed by atoms with van der Waals surface area (Å²) in [6, 6.07) is 15.7. The number of hydrogen-bond acceptors (Lipinski definition) is 4. The lowest BCUT2D eigenvalue weighted by atomic mass is 10.1. The molecule has 0 aliphatic carbocycles. The van der Waals surface area contributed by atoms with Crippen LogP contribution in [0.5, 0.6) is 5.75 Å². The summed E-state index contributed by atoms with van der Waals surface area (Å²) in [6.07, 6.45) is 0.869. The van der Waals surface area contributed by atoms with Crippen LogP contribution in [0.25, 0.3) is 0 Å². The molecule has 0 fully saturated rings. The molecule has 0 radical (unpaired) electrons. The Bertz CT molecular complexity index is 901. The predicted molar refractivity (Wildman–Crippen MR) is 105 cm³/mol. The smallest absolute Gasteiger partial charge is 0.251 e.